The third kappa shape index (κ3) is 4.75. The van der Waals surface area contributed by atoms with Gasteiger partial charge in [0.2, 0.25) is 6.79 Å². The van der Waals surface area contributed by atoms with Gasteiger partial charge in [0.05, 0.1) is 36.4 Å². The van der Waals surface area contributed by atoms with Crippen molar-refractivity contribution in [2.45, 2.75) is 56.9 Å². The van der Waals surface area contributed by atoms with E-state index in [1.165, 1.54) is 4.90 Å². The van der Waals surface area contributed by atoms with Crippen LogP contribution in [0.15, 0.2) is 43.0 Å². The van der Waals surface area contributed by atoms with Crippen LogP contribution in [0.25, 0.3) is 0 Å². The number of likely N-dealkylation sites (N-methyl/N-ethyl adjacent to an activating group) is 1. The molecular formula is C39H40N4O8. The highest BCUT2D eigenvalue weighted by molar-refractivity contribution is 6.21. The van der Waals surface area contributed by atoms with Gasteiger partial charge >= 0.3 is 0 Å². The Morgan fingerprint density at radius 3 is 2.37 bits per heavy atom. The van der Waals surface area contributed by atoms with Crippen molar-refractivity contribution in [3.63, 3.8) is 0 Å². The van der Waals surface area contributed by atoms with Gasteiger partial charge in [-0.05, 0) is 57.0 Å². The van der Waals surface area contributed by atoms with E-state index in [4.69, 9.17) is 28.4 Å². The van der Waals surface area contributed by atoms with Crippen molar-refractivity contribution >= 4 is 11.8 Å². The van der Waals surface area contributed by atoms with Crippen molar-refractivity contribution < 1.29 is 38.0 Å². The predicted octanol–water partition coefficient (Wildman–Crippen LogP) is 4.66. The van der Waals surface area contributed by atoms with Crippen LogP contribution < -0.4 is 23.7 Å². The first-order chi connectivity index (χ1) is 24.7. The van der Waals surface area contributed by atoms with Crippen LogP contribution in [0.4, 0.5) is 0 Å². The molecule has 2 amide bonds. The number of piperazine rings is 1. The van der Waals surface area contributed by atoms with Crippen molar-refractivity contribution in [3.8, 4) is 34.8 Å². The summed E-state index contributed by atoms with van der Waals surface area (Å²) in [6, 6.07) is 9.60. The Kier molecular flexibility index (Phi) is 8.17. The summed E-state index contributed by atoms with van der Waals surface area (Å²) in [6.07, 6.45) is 2.74. The number of imide groups is 1. The van der Waals surface area contributed by atoms with Gasteiger partial charge in [0, 0.05) is 48.0 Å². The van der Waals surface area contributed by atoms with Crippen LogP contribution in [0.5, 0.6) is 28.7 Å². The van der Waals surface area contributed by atoms with Gasteiger partial charge in [-0.25, -0.2) is 0 Å². The van der Waals surface area contributed by atoms with Gasteiger partial charge in [0.25, 0.3) is 11.8 Å². The normalized spacial score (nSPS) is 24.3. The maximum absolute atomic E-state index is 13.9. The van der Waals surface area contributed by atoms with Crippen LogP contribution in [-0.2, 0) is 17.6 Å². The maximum Gasteiger partial charge on any atom is 0.261 e. The van der Waals surface area contributed by atoms with E-state index in [0.717, 1.165) is 33.4 Å². The zero-order chi connectivity index (χ0) is 35.7. The number of hydrogen-bond donors (Lipinski definition) is 0. The summed E-state index contributed by atoms with van der Waals surface area (Å²) in [5.41, 5.74) is 6.14. The topological polar surface area (TPSA) is 123 Å². The molecule has 0 saturated carbocycles. The molecule has 3 aromatic rings. The molecule has 12 heteroatoms. The third-order valence-electron chi connectivity index (χ3n) is 11.1. The second-order valence-corrected chi connectivity index (χ2v) is 13.6. The molecule has 4 unspecified atom stereocenters. The van der Waals surface area contributed by atoms with Crippen LogP contribution >= 0.6 is 0 Å². The van der Waals surface area contributed by atoms with Gasteiger partial charge in [-0.1, -0.05) is 30.9 Å². The number of nitriles is 1. The Morgan fingerprint density at radius 2 is 1.71 bits per heavy atom. The van der Waals surface area contributed by atoms with Gasteiger partial charge < -0.3 is 28.4 Å². The first-order valence-electron chi connectivity index (χ1n) is 17.1. The summed E-state index contributed by atoms with van der Waals surface area (Å²) < 4.78 is 36.3. The highest BCUT2D eigenvalue weighted by Gasteiger charge is 2.57. The molecule has 5 aliphatic rings. The molecule has 5 heterocycles. The van der Waals surface area contributed by atoms with E-state index in [1.54, 1.807) is 44.6 Å². The van der Waals surface area contributed by atoms with E-state index in [9.17, 15) is 14.9 Å². The van der Waals surface area contributed by atoms with Crippen molar-refractivity contribution in [3.05, 3.63) is 87.5 Å². The number of nitrogens with zero attached hydrogens (tertiary/aromatic N) is 4. The van der Waals surface area contributed by atoms with Gasteiger partial charge in [0.1, 0.15) is 18.4 Å². The number of hydrogen-bond acceptors (Lipinski definition) is 11. The minimum Gasteiger partial charge on any atom is -0.493 e. The fourth-order valence-corrected chi connectivity index (χ4v) is 9.16. The van der Waals surface area contributed by atoms with Crippen molar-refractivity contribution in [2.75, 3.05) is 48.0 Å². The summed E-state index contributed by atoms with van der Waals surface area (Å²) in [7, 11) is 5.27. The predicted molar refractivity (Wildman–Crippen MR) is 185 cm³/mol. The lowest BCUT2D eigenvalue weighted by atomic mass is 9.71. The summed E-state index contributed by atoms with van der Waals surface area (Å²) in [6.45, 7) is 8.10. The van der Waals surface area contributed by atoms with Gasteiger partial charge in [0.15, 0.2) is 29.8 Å². The Bertz CT molecular complexity index is 1990. The van der Waals surface area contributed by atoms with E-state index < -0.39 is 12.1 Å². The zero-order valence-electron chi connectivity index (χ0n) is 29.4. The average molecular weight is 693 g/mol. The molecule has 5 atom stereocenters. The number of carbonyl (C=O) groups is 2. The van der Waals surface area contributed by atoms with Crippen LogP contribution in [-0.4, -0.2) is 92.6 Å². The molecule has 8 rings (SSSR count). The van der Waals surface area contributed by atoms with Gasteiger partial charge in [-0.3, -0.25) is 24.3 Å². The fraction of sp³-hybridized carbons (Fsp3) is 0.410. The molecule has 51 heavy (non-hydrogen) atoms. The molecule has 5 aliphatic heterocycles. The molecule has 0 N–H and O–H groups in total. The van der Waals surface area contributed by atoms with Crippen LogP contribution in [0, 0.1) is 25.2 Å². The summed E-state index contributed by atoms with van der Waals surface area (Å²) in [5, 5.41) is 11.1. The van der Waals surface area contributed by atoms with E-state index in [2.05, 4.69) is 35.6 Å². The van der Waals surface area contributed by atoms with Crippen LogP contribution in [0.3, 0.4) is 0 Å². The Morgan fingerprint density at radius 1 is 0.980 bits per heavy atom. The van der Waals surface area contributed by atoms with Gasteiger partial charge in [-0.15, -0.1) is 0 Å². The Labute approximate surface area is 296 Å². The number of fused-ring (bicyclic) bond motifs is 10. The van der Waals surface area contributed by atoms with Gasteiger partial charge in [-0.2, -0.15) is 5.26 Å². The van der Waals surface area contributed by atoms with Crippen LogP contribution in [0.1, 0.15) is 66.2 Å². The lowest BCUT2D eigenvalue weighted by Crippen LogP contribution is -2.69. The molecule has 12 nitrogen and oxygen atoms in total. The maximum atomic E-state index is 13.9. The molecule has 264 valence electrons. The highest BCUT2D eigenvalue weighted by atomic mass is 16.7. The van der Waals surface area contributed by atoms with E-state index >= 15 is 0 Å². The number of ether oxygens (including phenoxy) is 6. The smallest absolute Gasteiger partial charge is 0.261 e. The van der Waals surface area contributed by atoms with Crippen molar-refractivity contribution in [1.29, 1.82) is 5.26 Å². The lowest BCUT2D eigenvalue weighted by molar-refractivity contribution is -0.0766. The number of carbonyl (C=O) groups excluding carboxylic acids is 2. The summed E-state index contributed by atoms with van der Waals surface area (Å²) in [4.78, 5) is 33.7. The Hall–Kier alpha value is -5.09. The average Bonchev–Trinajstić information content (AvgIpc) is 3.71. The number of rotatable bonds is 9. The lowest BCUT2D eigenvalue weighted by Gasteiger charge is -2.60. The summed E-state index contributed by atoms with van der Waals surface area (Å²) in [5.74, 6) is 2.25. The number of methoxy groups -OCH3 is 2. The number of amides is 2. The zero-order valence-corrected chi connectivity index (χ0v) is 29.4. The molecular weight excluding hydrogens is 652 g/mol. The minimum atomic E-state index is -0.635. The van der Waals surface area contributed by atoms with Crippen molar-refractivity contribution in [1.82, 2.24) is 14.7 Å². The second kappa shape index (κ2) is 12.6. The molecule has 0 aliphatic carbocycles. The van der Waals surface area contributed by atoms with Crippen molar-refractivity contribution in [2.24, 2.45) is 0 Å². The van der Waals surface area contributed by atoms with E-state index in [-0.39, 0.29) is 56.7 Å². The molecule has 1 saturated heterocycles. The first kappa shape index (κ1) is 33.1. The first-order valence-corrected chi connectivity index (χ1v) is 17.1. The van der Waals surface area contributed by atoms with E-state index in [0.29, 0.717) is 52.7 Å². The summed E-state index contributed by atoms with van der Waals surface area (Å²) >= 11 is 0. The molecule has 0 aromatic heterocycles. The molecule has 3 aromatic carbocycles. The molecule has 1 fully saturated rings. The minimum absolute atomic E-state index is 0.00590. The highest BCUT2D eigenvalue weighted by Crippen LogP contribution is 2.59. The molecule has 2 bridgehead atoms. The molecule has 0 radical (unpaired) electrons. The number of benzene rings is 3. The van der Waals surface area contributed by atoms with E-state index in [1.807, 2.05) is 13.8 Å². The number of aryl methyl sites for hydroxylation is 1. The largest absolute Gasteiger partial charge is 0.493 e. The molecule has 0 spiro atoms. The van der Waals surface area contributed by atoms with Crippen LogP contribution in [0.2, 0.25) is 0 Å². The third-order valence-corrected chi connectivity index (χ3v) is 11.1. The SMILES string of the molecule is C=CCOc1c(C)c2c(c3c1CC1[C@H]4c5c(cc(C)c(OC)c5OCOC)CC(C(C#N)N1C3CN1C(=O)c3ccccc3C1=O)N4C)OCO2. The standard InChI is InChI=1S/C39H40N4O8/c1-7-12-48-34-21(3)35-37(51-19-50-35)31-25(34)15-27-32-30-22(13-20(2)33(47-6)36(30)49-18-46-5)14-26(41(32)4)28(16-40)43(27)29(31)17-42-38(44)23-10-8-9-11-24(23)39(42)45/h7-11,13,26-29,32H,1,12,14-15,17-19H2,2-6H3/t26?,27?,28?,29?,32-/m0/s1. The quantitative estimate of drug-likeness (QED) is 0.177. The Balaban J connectivity index is 1.37. The monoisotopic (exact) mass is 692 g/mol. The fourth-order valence-electron chi connectivity index (χ4n) is 9.16. The second-order valence-electron chi connectivity index (χ2n) is 13.6.